The number of hydrogen-bond acceptors (Lipinski definition) is 3. The second kappa shape index (κ2) is 5.81. The van der Waals surface area contributed by atoms with Gasteiger partial charge in [0, 0.05) is 13.2 Å². The summed E-state index contributed by atoms with van der Waals surface area (Å²) in [6.07, 6.45) is 6.92. The molecule has 0 bridgehead atoms. The monoisotopic (exact) mass is 264 g/mol. The van der Waals surface area contributed by atoms with Crippen LogP contribution in [-0.4, -0.2) is 24.8 Å². The van der Waals surface area contributed by atoms with Gasteiger partial charge in [0.15, 0.2) is 0 Å². The fourth-order valence-corrected chi connectivity index (χ4v) is 3.42. The number of nitriles is 1. The lowest BCUT2D eigenvalue weighted by Gasteiger charge is -2.41. The molecule has 2 rings (SSSR count). The predicted molar refractivity (Wildman–Crippen MR) is 76.7 cm³/mol. The summed E-state index contributed by atoms with van der Waals surface area (Å²) in [6, 6.07) is 2.55. The Morgan fingerprint density at radius 2 is 1.95 bits per heavy atom. The molecule has 1 heterocycles. The molecule has 0 spiro atoms. The largest absolute Gasteiger partial charge is 0.377 e. The van der Waals surface area contributed by atoms with Crippen LogP contribution in [0, 0.1) is 22.7 Å². The van der Waals surface area contributed by atoms with Crippen molar-refractivity contribution in [2.45, 2.75) is 70.9 Å². The molecule has 1 saturated carbocycles. The van der Waals surface area contributed by atoms with E-state index in [1.807, 2.05) is 0 Å². The lowest BCUT2D eigenvalue weighted by Crippen LogP contribution is -2.50. The first-order valence-corrected chi connectivity index (χ1v) is 7.73. The minimum atomic E-state index is -0.298. The molecule has 0 aromatic rings. The van der Waals surface area contributed by atoms with Crippen molar-refractivity contribution < 1.29 is 4.74 Å². The summed E-state index contributed by atoms with van der Waals surface area (Å²) in [5.74, 6) is 0.749. The minimum absolute atomic E-state index is 0.298. The van der Waals surface area contributed by atoms with E-state index >= 15 is 0 Å². The molecule has 1 N–H and O–H groups in total. The number of nitrogens with zero attached hydrogens (tertiary/aromatic N) is 1. The van der Waals surface area contributed by atoms with Crippen molar-refractivity contribution in [1.29, 1.82) is 5.26 Å². The maximum absolute atomic E-state index is 9.55. The molecule has 3 heteroatoms. The summed E-state index contributed by atoms with van der Waals surface area (Å²) < 4.78 is 5.64. The molecule has 2 aliphatic rings. The van der Waals surface area contributed by atoms with Crippen molar-refractivity contribution >= 4 is 0 Å². The molecular formula is C16H28N2O. The number of ether oxygens (including phenoxy) is 1. The van der Waals surface area contributed by atoms with Crippen molar-refractivity contribution in [3.8, 4) is 6.07 Å². The van der Waals surface area contributed by atoms with E-state index in [2.05, 4.69) is 32.2 Å². The van der Waals surface area contributed by atoms with Crippen LogP contribution in [0.25, 0.3) is 0 Å². The molecule has 2 fully saturated rings. The number of nitrogens with one attached hydrogen (secondary N) is 1. The van der Waals surface area contributed by atoms with Gasteiger partial charge in [0.25, 0.3) is 0 Å². The van der Waals surface area contributed by atoms with Gasteiger partial charge in [-0.15, -0.1) is 0 Å². The van der Waals surface area contributed by atoms with Gasteiger partial charge < -0.3 is 4.74 Å². The Balaban J connectivity index is 1.85. The highest BCUT2D eigenvalue weighted by molar-refractivity contribution is 5.10. The Kier molecular flexibility index (Phi) is 4.53. The Morgan fingerprint density at radius 3 is 2.42 bits per heavy atom. The normalized spacial score (nSPS) is 36.1. The summed E-state index contributed by atoms with van der Waals surface area (Å²) in [5.41, 5.74) is 0.0733. The Morgan fingerprint density at radius 1 is 1.26 bits per heavy atom. The highest BCUT2D eigenvalue weighted by atomic mass is 16.5. The number of rotatable bonds is 3. The first-order valence-electron chi connectivity index (χ1n) is 7.73. The highest BCUT2D eigenvalue weighted by Gasteiger charge is 2.39. The summed E-state index contributed by atoms with van der Waals surface area (Å²) >= 11 is 0. The third-order valence-corrected chi connectivity index (χ3v) is 4.97. The second-order valence-electron chi connectivity index (χ2n) is 7.35. The molecule has 19 heavy (non-hydrogen) atoms. The van der Waals surface area contributed by atoms with Crippen LogP contribution in [0.5, 0.6) is 0 Å². The Labute approximate surface area is 117 Å². The van der Waals surface area contributed by atoms with Crippen molar-refractivity contribution in [2.24, 2.45) is 11.3 Å². The molecule has 0 amide bonds. The van der Waals surface area contributed by atoms with Gasteiger partial charge in [-0.3, -0.25) is 5.32 Å². The Bertz CT molecular complexity index is 326. The summed E-state index contributed by atoms with van der Waals surface area (Å²) in [7, 11) is 0. The van der Waals surface area contributed by atoms with Gasteiger partial charge in [0.1, 0.15) is 5.54 Å². The van der Waals surface area contributed by atoms with E-state index in [9.17, 15) is 5.26 Å². The van der Waals surface area contributed by atoms with Crippen LogP contribution >= 0.6 is 0 Å². The predicted octanol–water partition coefficient (Wildman–Crippen LogP) is 3.25. The van der Waals surface area contributed by atoms with Gasteiger partial charge in [0.05, 0.1) is 12.2 Å². The molecule has 0 aromatic carbocycles. The lowest BCUT2D eigenvalue weighted by molar-refractivity contribution is 0.0909. The third-order valence-electron chi connectivity index (χ3n) is 4.97. The van der Waals surface area contributed by atoms with E-state index in [1.54, 1.807) is 0 Å². The molecule has 0 aromatic heterocycles. The molecule has 108 valence electrons. The fourth-order valence-electron chi connectivity index (χ4n) is 3.42. The van der Waals surface area contributed by atoms with Gasteiger partial charge in [-0.2, -0.15) is 5.26 Å². The quantitative estimate of drug-likeness (QED) is 0.851. The first kappa shape index (κ1) is 14.8. The topological polar surface area (TPSA) is 45.0 Å². The highest BCUT2D eigenvalue weighted by Crippen LogP contribution is 2.41. The maximum atomic E-state index is 9.55. The molecule has 1 aliphatic heterocycles. The van der Waals surface area contributed by atoms with E-state index in [0.717, 1.165) is 57.6 Å². The van der Waals surface area contributed by atoms with E-state index < -0.39 is 0 Å². The van der Waals surface area contributed by atoms with Crippen LogP contribution in [0.4, 0.5) is 0 Å². The molecule has 1 aliphatic carbocycles. The zero-order valence-corrected chi connectivity index (χ0v) is 12.7. The summed E-state index contributed by atoms with van der Waals surface area (Å²) in [4.78, 5) is 0. The van der Waals surface area contributed by atoms with Crippen LogP contribution in [-0.2, 0) is 4.74 Å². The van der Waals surface area contributed by atoms with Gasteiger partial charge in [-0.25, -0.2) is 0 Å². The van der Waals surface area contributed by atoms with Crippen molar-refractivity contribution in [1.82, 2.24) is 5.32 Å². The van der Waals surface area contributed by atoms with Crippen LogP contribution in [0.15, 0.2) is 0 Å². The van der Waals surface area contributed by atoms with E-state index in [4.69, 9.17) is 4.74 Å². The lowest BCUT2D eigenvalue weighted by atomic mass is 9.67. The average molecular weight is 264 g/mol. The molecule has 1 unspecified atom stereocenters. The summed E-state index contributed by atoms with van der Waals surface area (Å²) in [6.45, 7) is 8.68. The van der Waals surface area contributed by atoms with Gasteiger partial charge in [-0.05, 0) is 49.9 Å². The first-order chi connectivity index (χ1) is 8.95. The molecular weight excluding hydrogens is 236 g/mol. The standard InChI is InChI=1S/C16H28N2O/c1-15(2,3)13-6-8-16(12-17,9-7-13)18-11-14-5-4-10-19-14/h13-14,18H,4-11H2,1-3H3. The summed E-state index contributed by atoms with van der Waals surface area (Å²) in [5, 5.41) is 13.1. The van der Waals surface area contributed by atoms with E-state index in [1.165, 1.54) is 0 Å². The van der Waals surface area contributed by atoms with Crippen LogP contribution in [0.3, 0.4) is 0 Å². The van der Waals surface area contributed by atoms with Crippen LogP contribution < -0.4 is 5.32 Å². The molecule has 3 nitrogen and oxygen atoms in total. The molecule has 1 saturated heterocycles. The molecule has 1 atom stereocenters. The fraction of sp³-hybridized carbons (Fsp3) is 0.938. The maximum Gasteiger partial charge on any atom is 0.106 e. The third kappa shape index (κ3) is 3.70. The zero-order valence-electron chi connectivity index (χ0n) is 12.7. The average Bonchev–Trinajstić information content (AvgIpc) is 2.89. The van der Waals surface area contributed by atoms with Gasteiger partial charge in [-0.1, -0.05) is 20.8 Å². The zero-order chi connectivity index (χ0) is 13.9. The SMILES string of the molecule is CC(C)(C)C1CCC(C#N)(NCC2CCCO2)CC1. The Hall–Kier alpha value is -0.590. The van der Waals surface area contributed by atoms with Crippen LogP contribution in [0.2, 0.25) is 0 Å². The van der Waals surface area contributed by atoms with Crippen molar-refractivity contribution in [2.75, 3.05) is 13.2 Å². The smallest absolute Gasteiger partial charge is 0.106 e. The second-order valence-corrected chi connectivity index (χ2v) is 7.35. The number of hydrogen-bond donors (Lipinski definition) is 1. The van der Waals surface area contributed by atoms with E-state index in [0.29, 0.717) is 11.5 Å². The van der Waals surface area contributed by atoms with Crippen LogP contribution in [0.1, 0.15) is 59.3 Å². The minimum Gasteiger partial charge on any atom is -0.377 e. The van der Waals surface area contributed by atoms with E-state index in [-0.39, 0.29) is 5.54 Å². The van der Waals surface area contributed by atoms with Gasteiger partial charge >= 0.3 is 0 Å². The van der Waals surface area contributed by atoms with Crippen molar-refractivity contribution in [3.05, 3.63) is 0 Å². The van der Waals surface area contributed by atoms with Crippen molar-refractivity contribution in [3.63, 3.8) is 0 Å². The molecule has 0 radical (unpaired) electrons. The van der Waals surface area contributed by atoms with Gasteiger partial charge in [0.2, 0.25) is 0 Å².